The molecule has 1 aromatic heterocycles. The second kappa shape index (κ2) is 8.85. The number of hydrogen-bond acceptors (Lipinski definition) is 5. The first-order valence-electron chi connectivity index (χ1n) is 9.63. The Morgan fingerprint density at radius 3 is 2.74 bits per heavy atom. The Kier molecular flexibility index (Phi) is 6.28. The quantitative estimate of drug-likeness (QED) is 0.807. The molecule has 3 heterocycles. The number of likely N-dealkylation sites (tertiary alicyclic amines) is 2. The molecular weight excluding hydrogens is 344 g/mol. The molecule has 0 spiro atoms. The van der Waals surface area contributed by atoms with E-state index in [4.69, 9.17) is 10.00 Å². The number of carbonyl (C=O) groups is 2. The van der Waals surface area contributed by atoms with Crippen LogP contribution >= 0.6 is 0 Å². The maximum atomic E-state index is 12.7. The van der Waals surface area contributed by atoms with E-state index in [0.717, 1.165) is 19.5 Å². The van der Waals surface area contributed by atoms with E-state index in [1.54, 1.807) is 17.0 Å². The zero-order chi connectivity index (χ0) is 19.2. The average Bonchev–Trinajstić information content (AvgIpc) is 2.71. The normalized spacial score (nSPS) is 20.8. The van der Waals surface area contributed by atoms with Gasteiger partial charge in [0.1, 0.15) is 6.07 Å². The van der Waals surface area contributed by atoms with Gasteiger partial charge >= 0.3 is 0 Å². The number of ether oxygens (including phenoxy) is 1. The molecule has 0 bridgehead atoms. The highest BCUT2D eigenvalue weighted by atomic mass is 16.5. The van der Waals surface area contributed by atoms with Crippen molar-refractivity contribution in [2.24, 2.45) is 11.8 Å². The summed E-state index contributed by atoms with van der Waals surface area (Å²) in [6, 6.07) is 5.24. The smallest absolute Gasteiger partial charge is 0.260 e. The van der Waals surface area contributed by atoms with Crippen molar-refractivity contribution in [3.05, 3.63) is 24.0 Å². The van der Waals surface area contributed by atoms with Crippen molar-refractivity contribution in [1.82, 2.24) is 14.8 Å². The van der Waals surface area contributed by atoms with Gasteiger partial charge in [0.25, 0.3) is 5.91 Å². The standard InChI is InChI=1S/C20H26N4O3/c1-15-4-3-9-24(13-15)20(26)16-6-10-23(11-7-16)19(25)14-27-18-5-2-8-22-17(18)12-21/h2,5,8,15-16H,3-4,6-7,9-11,13-14H2,1H3. The number of rotatable bonds is 4. The molecule has 1 atom stereocenters. The van der Waals surface area contributed by atoms with Gasteiger partial charge in [0.2, 0.25) is 5.91 Å². The SMILES string of the molecule is CC1CCCN(C(=O)C2CCN(C(=O)COc3cccnc3C#N)CC2)C1. The molecular formula is C20H26N4O3. The Hall–Kier alpha value is -2.62. The number of carbonyl (C=O) groups excluding carboxylic acids is 2. The molecule has 2 amide bonds. The van der Waals surface area contributed by atoms with E-state index in [-0.39, 0.29) is 30.0 Å². The van der Waals surface area contributed by atoms with E-state index in [2.05, 4.69) is 11.9 Å². The van der Waals surface area contributed by atoms with Gasteiger partial charge in [-0.3, -0.25) is 9.59 Å². The highest BCUT2D eigenvalue weighted by Crippen LogP contribution is 2.24. The van der Waals surface area contributed by atoms with Crippen molar-refractivity contribution in [1.29, 1.82) is 5.26 Å². The molecule has 2 aliphatic heterocycles. The Morgan fingerprint density at radius 1 is 1.26 bits per heavy atom. The molecule has 0 saturated carbocycles. The van der Waals surface area contributed by atoms with Crippen molar-refractivity contribution in [3.63, 3.8) is 0 Å². The van der Waals surface area contributed by atoms with Crippen LogP contribution < -0.4 is 4.74 Å². The Morgan fingerprint density at radius 2 is 2.04 bits per heavy atom. The summed E-state index contributed by atoms with van der Waals surface area (Å²) in [6.45, 7) is 4.93. The monoisotopic (exact) mass is 370 g/mol. The summed E-state index contributed by atoms with van der Waals surface area (Å²) in [7, 11) is 0. The van der Waals surface area contributed by atoms with Crippen molar-refractivity contribution in [2.45, 2.75) is 32.6 Å². The van der Waals surface area contributed by atoms with E-state index in [0.29, 0.717) is 37.6 Å². The second-order valence-corrected chi connectivity index (χ2v) is 7.44. The molecule has 0 radical (unpaired) electrons. The summed E-state index contributed by atoms with van der Waals surface area (Å²) in [5.74, 6) is 1.04. The first-order chi connectivity index (χ1) is 13.1. The molecule has 0 aromatic carbocycles. The lowest BCUT2D eigenvalue weighted by Crippen LogP contribution is -2.47. The molecule has 27 heavy (non-hydrogen) atoms. The number of amides is 2. The van der Waals surface area contributed by atoms with E-state index in [9.17, 15) is 9.59 Å². The maximum absolute atomic E-state index is 12.7. The summed E-state index contributed by atoms with van der Waals surface area (Å²) in [5.41, 5.74) is 0.172. The van der Waals surface area contributed by atoms with Gasteiger partial charge in [-0.25, -0.2) is 4.98 Å². The van der Waals surface area contributed by atoms with Crippen molar-refractivity contribution < 1.29 is 14.3 Å². The molecule has 7 nitrogen and oxygen atoms in total. The van der Waals surface area contributed by atoms with E-state index < -0.39 is 0 Å². The first-order valence-corrected chi connectivity index (χ1v) is 9.63. The largest absolute Gasteiger partial charge is 0.481 e. The molecule has 0 aliphatic carbocycles. The van der Waals surface area contributed by atoms with E-state index >= 15 is 0 Å². The number of pyridine rings is 1. The third-order valence-corrected chi connectivity index (χ3v) is 5.39. The minimum atomic E-state index is -0.125. The van der Waals surface area contributed by atoms with Gasteiger partial charge in [-0.15, -0.1) is 0 Å². The molecule has 1 aromatic rings. The Balaban J connectivity index is 1.46. The molecule has 2 saturated heterocycles. The molecule has 0 N–H and O–H groups in total. The zero-order valence-electron chi connectivity index (χ0n) is 15.8. The predicted molar refractivity (Wildman–Crippen MR) is 98.7 cm³/mol. The van der Waals surface area contributed by atoms with Crippen LogP contribution in [0.3, 0.4) is 0 Å². The van der Waals surface area contributed by atoms with Crippen LogP contribution in [0.1, 0.15) is 38.3 Å². The molecule has 7 heteroatoms. The number of nitrogens with zero attached hydrogens (tertiary/aromatic N) is 4. The fourth-order valence-corrected chi connectivity index (χ4v) is 3.85. The lowest BCUT2D eigenvalue weighted by Gasteiger charge is -2.37. The first kappa shape index (κ1) is 19.2. The summed E-state index contributed by atoms with van der Waals surface area (Å²) >= 11 is 0. The number of aromatic nitrogens is 1. The summed E-state index contributed by atoms with van der Waals surface area (Å²) in [5, 5.41) is 9.01. The fraction of sp³-hybridized carbons (Fsp3) is 0.600. The van der Waals surface area contributed by atoms with Gasteiger partial charge in [-0.05, 0) is 43.7 Å². The minimum Gasteiger partial charge on any atom is -0.481 e. The lowest BCUT2D eigenvalue weighted by molar-refractivity contribution is -0.142. The zero-order valence-corrected chi connectivity index (χ0v) is 15.8. The lowest BCUT2D eigenvalue weighted by atomic mass is 9.93. The van der Waals surface area contributed by atoms with Crippen molar-refractivity contribution >= 4 is 11.8 Å². The summed E-state index contributed by atoms with van der Waals surface area (Å²) in [4.78, 5) is 32.8. The molecule has 144 valence electrons. The Bertz CT molecular complexity index is 722. The molecule has 2 aliphatic rings. The van der Waals surface area contributed by atoms with Gasteiger partial charge in [0, 0.05) is 38.3 Å². The van der Waals surface area contributed by atoms with Gasteiger partial charge in [-0.2, -0.15) is 5.26 Å². The van der Waals surface area contributed by atoms with Crippen LogP contribution in [-0.4, -0.2) is 59.4 Å². The van der Waals surface area contributed by atoms with Crippen LogP contribution in [0.4, 0.5) is 0 Å². The van der Waals surface area contributed by atoms with E-state index in [1.165, 1.54) is 12.6 Å². The molecule has 2 fully saturated rings. The van der Waals surface area contributed by atoms with Crippen molar-refractivity contribution in [3.8, 4) is 11.8 Å². The van der Waals surface area contributed by atoms with E-state index in [1.807, 2.05) is 11.0 Å². The fourth-order valence-electron chi connectivity index (χ4n) is 3.85. The van der Waals surface area contributed by atoms with Gasteiger partial charge < -0.3 is 14.5 Å². The van der Waals surface area contributed by atoms with Crippen LogP contribution in [-0.2, 0) is 9.59 Å². The average molecular weight is 370 g/mol. The number of hydrogen-bond donors (Lipinski definition) is 0. The predicted octanol–water partition coefficient (Wildman–Crippen LogP) is 1.83. The molecule has 3 rings (SSSR count). The van der Waals surface area contributed by atoms with Crippen LogP contribution in [0.25, 0.3) is 0 Å². The van der Waals surface area contributed by atoms with Crippen LogP contribution in [0, 0.1) is 23.2 Å². The highest BCUT2D eigenvalue weighted by Gasteiger charge is 2.31. The number of piperidine rings is 2. The van der Waals surface area contributed by atoms with Crippen LogP contribution in [0.5, 0.6) is 5.75 Å². The van der Waals surface area contributed by atoms with Gasteiger partial charge in [0.05, 0.1) is 0 Å². The topological polar surface area (TPSA) is 86.5 Å². The highest BCUT2D eigenvalue weighted by molar-refractivity contribution is 5.80. The summed E-state index contributed by atoms with van der Waals surface area (Å²) < 4.78 is 5.47. The van der Waals surface area contributed by atoms with Crippen LogP contribution in [0.2, 0.25) is 0 Å². The minimum absolute atomic E-state index is 0.0174. The third kappa shape index (κ3) is 4.76. The van der Waals surface area contributed by atoms with Gasteiger partial charge in [-0.1, -0.05) is 6.92 Å². The molecule has 1 unspecified atom stereocenters. The van der Waals surface area contributed by atoms with Crippen LogP contribution in [0.15, 0.2) is 18.3 Å². The van der Waals surface area contributed by atoms with Crippen molar-refractivity contribution in [2.75, 3.05) is 32.8 Å². The van der Waals surface area contributed by atoms with Gasteiger partial charge in [0.15, 0.2) is 18.1 Å². The second-order valence-electron chi connectivity index (χ2n) is 7.44. The Labute approximate surface area is 159 Å². The maximum Gasteiger partial charge on any atom is 0.260 e. The number of nitriles is 1. The summed E-state index contributed by atoms with van der Waals surface area (Å²) in [6.07, 6.45) is 5.19. The third-order valence-electron chi connectivity index (χ3n) is 5.39.